The summed E-state index contributed by atoms with van der Waals surface area (Å²) < 4.78 is 0. The van der Waals surface area contributed by atoms with Crippen LogP contribution < -0.4 is 0 Å². The van der Waals surface area contributed by atoms with Gasteiger partial charge in [0.15, 0.2) is 0 Å². The van der Waals surface area contributed by atoms with Gasteiger partial charge in [0.2, 0.25) is 0 Å². The smallest absolute Gasteiger partial charge is 0.253 e. The zero-order valence-electron chi connectivity index (χ0n) is 14.6. The summed E-state index contributed by atoms with van der Waals surface area (Å²) in [6, 6.07) is 7.93. The highest BCUT2D eigenvalue weighted by Gasteiger charge is 2.17. The molecule has 0 atom stereocenters. The normalized spacial score (nSPS) is 11.2. The summed E-state index contributed by atoms with van der Waals surface area (Å²) in [7, 11) is 0. The molecule has 0 saturated carbocycles. The highest BCUT2D eigenvalue weighted by atomic mass is 32.2. The topological polar surface area (TPSA) is 23.6 Å². The van der Waals surface area contributed by atoms with E-state index in [0.717, 1.165) is 38.3 Å². The van der Waals surface area contributed by atoms with Crippen molar-refractivity contribution in [2.24, 2.45) is 5.92 Å². The molecular formula is C18H30N2OS. The largest absolute Gasteiger partial charge is 0.337 e. The van der Waals surface area contributed by atoms with Crippen molar-refractivity contribution < 1.29 is 4.79 Å². The maximum atomic E-state index is 12.8. The number of amides is 1. The Balaban J connectivity index is 2.78. The first kappa shape index (κ1) is 19.0. The third-order valence-corrected chi connectivity index (χ3v) is 4.53. The lowest BCUT2D eigenvalue weighted by atomic mass is 10.1. The van der Waals surface area contributed by atoms with Crippen LogP contribution in [0.4, 0.5) is 0 Å². The first-order valence-corrected chi connectivity index (χ1v) is 9.39. The van der Waals surface area contributed by atoms with Crippen molar-refractivity contribution in [1.29, 1.82) is 0 Å². The molecule has 1 amide bonds. The molecule has 0 heterocycles. The van der Waals surface area contributed by atoms with Crippen molar-refractivity contribution >= 4 is 17.7 Å². The molecule has 0 aromatic heterocycles. The molecule has 0 spiro atoms. The minimum absolute atomic E-state index is 0.147. The van der Waals surface area contributed by atoms with Crippen LogP contribution >= 0.6 is 11.8 Å². The Kier molecular flexibility index (Phi) is 8.57. The maximum absolute atomic E-state index is 12.8. The summed E-state index contributed by atoms with van der Waals surface area (Å²) in [4.78, 5) is 18.3. The van der Waals surface area contributed by atoms with Gasteiger partial charge in [-0.15, -0.1) is 11.8 Å². The second kappa shape index (κ2) is 9.90. The molecular weight excluding hydrogens is 292 g/mol. The molecule has 124 valence electrons. The standard InChI is InChI=1S/C18H30N2OS/c1-6-19(7-2)12-13-20(14-15(3)4)18(21)16-8-10-17(22-5)11-9-16/h8-11,15H,6-7,12-14H2,1-5H3. The summed E-state index contributed by atoms with van der Waals surface area (Å²) in [5, 5.41) is 0. The van der Waals surface area contributed by atoms with Crippen LogP contribution in [0.5, 0.6) is 0 Å². The van der Waals surface area contributed by atoms with E-state index in [-0.39, 0.29) is 5.91 Å². The van der Waals surface area contributed by atoms with E-state index in [9.17, 15) is 4.79 Å². The highest BCUT2D eigenvalue weighted by Crippen LogP contribution is 2.16. The molecule has 0 aliphatic heterocycles. The number of hydrogen-bond donors (Lipinski definition) is 0. The molecule has 0 saturated heterocycles. The summed E-state index contributed by atoms with van der Waals surface area (Å²) in [5.41, 5.74) is 0.790. The fourth-order valence-corrected chi connectivity index (χ4v) is 2.84. The van der Waals surface area contributed by atoms with Gasteiger partial charge in [0.25, 0.3) is 5.91 Å². The number of benzene rings is 1. The van der Waals surface area contributed by atoms with Crippen LogP contribution in [0.2, 0.25) is 0 Å². The Labute approximate surface area is 140 Å². The van der Waals surface area contributed by atoms with E-state index in [0.29, 0.717) is 5.92 Å². The van der Waals surface area contributed by atoms with Crippen molar-refractivity contribution in [3.8, 4) is 0 Å². The zero-order valence-corrected chi connectivity index (χ0v) is 15.4. The van der Waals surface area contributed by atoms with Crippen LogP contribution in [0.25, 0.3) is 0 Å². The first-order valence-electron chi connectivity index (χ1n) is 8.17. The average molecular weight is 323 g/mol. The molecule has 0 aliphatic rings. The summed E-state index contributed by atoms with van der Waals surface area (Å²) in [5.74, 6) is 0.625. The lowest BCUT2D eigenvalue weighted by Gasteiger charge is -2.28. The van der Waals surface area contributed by atoms with Gasteiger partial charge in [-0.2, -0.15) is 0 Å². The van der Waals surface area contributed by atoms with Gasteiger partial charge in [0.1, 0.15) is 0 Å². The van der Waals surface area contributed by atoms with Crippen molar-refractivity contribution in [2.45, 2.75) is 32.6 Å². The van der Waals surface area contributed by atoms with Crippen LogP contribution in [0.15, 0.2) is 29.2 Å². The summed E-state index contributed by atoms with van der Waals surface area (Å²) >= 11 is 1.70. The molecule has 0 aliphatic carbocycles. The highest BCUT2D eigenvalue weighted by molar-refractivity contribution is 7.98. The van der Waals surface area contributed by atoms with Crippen molar-refractivity contribution in [1.82, 2.24) is 9.80 Å². The number of rotatable bonds is 9. The minimum atomic E-state index is 0.147. The van der Waals surface area contributed by atoms with E-state index in [1.807, 2.05) is 35.4 Å². The lowest BCUT2D eigenvalue weighted by Crippen LogP contribution is -2.40. The van der Waals surface area contributed by atoms with Gasteiger partial charge in [-0.25, -0.2) is 0 Å². The molecule has 0 bridgehead atoms. The van der Waals surface area contributed by atoms with E-state index >= 15 is 0 Å². The van der Waals surface area contributed by atoms with Gasteiger partial charge in [0.05, 0.1) is 0 Å². The third-order valence-electron chi connectivity index (χ3n) is 3.79. The van der Waals surface area contributed by atoms with E-state index in [1.165, 1.54) is 4.90 Å². The van der Waals surface area contributed by atoms with Crippen LogP contribution in [0.1, 0.15) is 38.1 Å². The van der Waals surface area contributed by atoms with Crippen molar-refractivity contribution in [3.63, 3.8) is 0 Å². The maximum Gasteiger partial charge on any atom is 0.253 e. The van der Waals surface area contributed by atoms with Gasteiger partial charge < -0.3 is 9.80 Å². The molecule has 22 heavy (non-hydrogen) atoms. The van der Waals surface area contributed by atoms with E-state index in [4.69, 9.17) is 0 Å². The van der Waals surface area contributed by atoms with Gasteiger partial charge in [-0.1, -0.05) is 27.7 Å². The molecule has 4 heteroatoms. The van der Waals surface area contributed by atoms with Gasteiger partial charge in [0, 0.05) is 30.1 Å². The van der Waals surface area contributed by atoms with E-state index in [2.05, 4.69) is 32.6 Å². The lowest BCUT2D eigenvalue weighted by molar-refractivity contribution is 0.0716. The summed E-state index contributed by atoms with van der Waals surface area (Å²) in [6.45, 7) is 13.3. The van der Waals surface area contributed by atoms with Crippen LogP contribution in [0, 0.1) is 5.92 Å². The Morgan fingerprint density at radius 3 is 2.14 bits per heavy atom. The number of carbonyl (C=O) groups excluding carboxylic acids is 1. The van der Waals surface area contributed by atoms with Crippen molar-refractivity contribution in [2.75, 3.05) is 39.0 Å². The third kappa shape index (κ3) is 6.01. The SMILES string of the molecule is CCN(CC)CCN(CC(C)C)C(=O)c1ccc(SC)cc1. The molecule has 3 nitrogen and oxygen atoms in total. The Bertz CT molecular complexity index is 441. The van der Waals surface area contributed by atoms with Crippen LogP contribution in [-0.2, 0) is 0 Å². The Hall–Kier alpha value is -1.00. The number of nitrogens with zero attached hydrogens (tertiary/aromatic N) is 2. The fraction of sp³-hybridized carbons (Fsp3) is 0.611. The number of carbonyl (C=O) groups is 1. The Morgan fingerprint density at radius 2 is 1.68 bits per heavy atom. The average Bonchev–Trinajstić information content (AvgIpc) is 2.53. The number of hydrogen-bond acceptors (Lipinski definition) is 3. The first-order chi connectivity index (χ1) is 10.5. The van der Waals surface area contributed by atoms with E-state index < -0.39 is 0 Å². The van der Waals surface area contributed by atoms with Gasteiger partial charge in [-0.3, -0.25) is 4.79 Å². The quantitative estimate of drug-likeness (QED) is 0.645. The van der Waals surface area contributed by atoms with E-state index in [1.54, 1.807) is 11.8 Å². The molecule has 0 N–H and O–H groups in total. The Morgan fingerprint density at radius 1 is 1.09 bits per heavy atom. The van der Waals surface area contributed by atoms with Gasteiger partial charge in [-0.05, 0) is 49.5 Å². The van der Waals surface area contributed by atoms with Crippen LogP contribution in [-0.4, -0.2) is 54.7 Å². The number of likely N-dealkylation sites (N-methyl/N-ethyl adjacent to an activating group) is 1. The van der Waals surface area contributed by atoms with Crippen LogP contribution in [0.3, 0.4) is 0 Å². The second-order valence-corrected chi connectivity index (χ2v) is 6.78. The minimum Gasteiger partial charge on any atom is -0.337 e. The second-order valence-electron chi connectivity index (χ2n) is 5.90. The molecule has 0 fully saturated rings. The van der Waals surface area contributed by atoms with Crippen molar-refractivity contribution in [3.05, 3.63) is 29.8 Å². The predicted octanol–water partition coefficient (Wildman–Crippen LogP) is 3.85. The fourth-order valence-electron chi connectivity index (χ4n) is 2.43. The predicted molar refractivity (Wildman–Crippen MR) is 96.8 cm³/mol. The monoisotopic (exact) mass is 322 g/mol. The molecule has 1 aromatic carbocycles. The summed E-state index contributed by atoms with van der Waals surface area (Å²) in [6.07, 6.45) is 2.05. The zero-order chi connectivity index (χ0) is 16.5. The molecule has 1 aromatic rings. The molecule has 0 radical (unpaired) electrons. The molecule has 0 unspecified atom stereocenters. The molecule has 1 rings (SSSR count). The van der Waals surface area contributed by atoms with Gasteiger partial charge >= 0.3 is 0 Å². The number of thioether (sulfide) groups is 1.